The number of benzene rings is 2. The normalized spacial score (nSPS) is 11.3. The molecule has 8 nitrogen and oxygen atoms in total. The molecule has 0 radical (unpaired) electrons. The maximum absolute atomic E-state index is 12.0. The molecule has 168 valence electrons. The summed E-state index contributed by atoms with van der Waals surface area (Å²) >= 11 is 6.98. The number of aliphatic carboxylic acids is 1. The highest BCUT2D eigenvalue weighted by Gasteiger charge is 2.20. The van der Waals surface area contributed by atoms with Crippen molar-refractivity contribution in [1.82, 2.24) is 14.8 Å². The smallest absolute Gasteiger partial charge is 0.342 e. The van der Waals surface area contributed by atoms with E-state index in [2.05, 4.69) is 10.2 Å². The second-order valence-corrected chi connectivity index (χ2v) is 7.87. The summed E-state index contributed by atoms with van der Waals surface area (Å²) in [4.78, 5) is 12.1. The van der Waals surface area contributed by atoms with Crippen LogP contribution in [0.25, 0.3) is 17.5 Å². The zero-order valence-electron chi connectivity index (χ0n) is 18.0. The number of carboxylic acids is 1. The van der Waals surface area contributed by atoms with E-state index in [9.17, 15) is 9.90 Å². The lowest BCUT2D eigenvalue weighted by Gasteiger charge is -2.13. The van der Waals surface area contributed by atoms with E-state index in [0.717, 1.165) is 17.3 Å². The third kappa shape index (κ3) is 5.00. The highest BCUT2D eigenvalue weighted by Crippen LogP contribution is 2.38. The third-order valence-corrected chi connectivity index (χ3v) is 5.82. The van der Waals surface area contributed by atoms with Gasteiger partial charge in [0.2, 0.25) is 0 Å². The van der Waals surface area contributed by atoms with Crippen molar-refractivity contribution in [2.75, 3.05) is 21.3 Å². The lowest BCUT2D eigenvalue weighted by atomic mass is 10.1. The van der Waals surface area contributed by atoms with Crippen LogP contribution < -0.4 is 14.2 Å². The van der Waals surface area contributed by atoms with Crippen LogP contribution in [0.15, 0.2) is 46.5 Å². The summed E-state index contributed by atoms with van der Waals surface area (Å²) in [6.45, 7) is 2.49. The van der Waals surface area contributed by atoms with Crippen LogP contribution in [0.3, 0.4) is 0 Å². The van der Waals surface area contributed by atoms with Gasteiger partial charge < -0.3 is 23.9 Å². The Morgan fingerprint density at radius 2 is 1.69 bits per heavy atom. The van der Waals surface area contributed by atoms with E-state index in [1.165, 1.54) is 27.4 Å². The maximum atomic E-state index is 12.0. The average molecular weight is 476 g/mol. The van der Waals surface area contributed by atoms with Crippen LogP contribution in [0.1, 0.15) is 12.5 Å². The molecule has 0 spiro atoms. The van der Waals surface area contributed by atoms with Crippen LogP contribution in [0.2, 0.25) is 5.02 Å². The van der Waals surface area contributed by atoms with Gasteiger partial charge in [0.05, 0.1) is 21.3 Å². The summed E-state index contributed by atoms with van der Waals surface area (Å²) in [6.07, 6.45) is 1.50. The summed E-state index contributed by atoms with van der Waals surface area (Å²) in [5.41, 5.74) is 1.36. The first kappa shape index (κ1) is 23.5. The topological polar surface area (TPSA) is 95.7 Å². The number of nitrogens with zero attached hydrogens (tertiary/aromatic N) is 3. The molecule has 0 saturated carbocycles. The number of hydrogen-bond acceptors (Lipinski definition) is 7. The first-order valence-corrected chi connectivity index (χ1v) is 10.7. The Bertz CT molecular complexity index is 1150. The third-order valence-electron chi connectivity index (χ3n) is 4.57. The summed E-state index contributed by atoms with van der Waals surface area (Å²) in [6, 6.07) is 10.5. The number of carboxylic acid groups (broad SMARTS) is 1. The lowest BCUT2D eigenvalue weighted by molar-refractivity contribution is -0.131. The van der Waals surface area contributed by atoms with Crippen LogP contribution in [-0.2, 0) is 11.3 Å². The number of hydrogen-bond donors (Lipinski definition) is 1. The van der Waals surface area contributed by atoms with Gasteiger partial charge in [0, 0.05) is 28.8 Å². The molecular weight excluding hydrogens is 454 g/mol. The minimum Gasteiger partial charge on any atom is -0.496 e. The van der Waals surface area contributed by atoms with Crippen molar-refractivity contribution in [2.45, 2.75) is 18.6 Å². The van der Waals surface area contributed by atoms with E-state index in [1.807, 2.05) is 23.6 Å². The van der Waals surface area contributed by atoms with Gasteiger partial charge in [-0.3, -0.25) is 0 Å². The van der Waals surface area contributed by atoms with Gasteiger partial charge in [-0.15, -0.1) is 10.2 Å². The number of aromatic nitrogens is 3. The van der Waals surface area contributed by atoms with Crippen molar-refractivity contribution in [1.29, 1.82) is 0 Å². The van der Waals surface area contributed by atoms with Crippen molar-refractivity contribution in [3.8, 4) is 28.6 Å². The Labute approximate surface area is 194 Å². The number of rotatable bonds is 9. The summed E-state index contributed by atoms with van der Waals surface area (Å²) in [7, 11) is 4.52. The van der Waals surface area contributed by atoms with Crippen LogP contribution in [-0.4, -0.2) is 47.2 Å². The fraction of sp³-hybridized carbons (Fsp3) is 0.227. The minimum absolute atomic E-state index is 0.0419. The van der Waals surface area contributed by atoms with Gasteiger partial charge in [0.15, 0.2) is 22.5 Å². The predicted molar refractivity (Wildman–Crippen MR) is 124 cm³/mol. The molecule has 0 aliphatic heterocycles. The van der Waals surface area contributed by atoms with Gasteiger partial charge in [0.1, 0.15) is 10.7 Å². The molecule has 0 amide bonds. The number of methoxy groups -OCH3 is 3. The number of ether oxygens (including phenoxy) is 3. The fourth-order valence-corrected chi connectivity index (χ4v) is 4.01. The molecule has 0 aliphatic rings. The Balaban J connectivity index is 2.02. The van der Waals surface area contributed by atoms with E-state index < -0.39 is 5.97 Å². The van der Waals surface area contributed by atoms with Gasteiger partial charge in [-0.1, -0.05) is 11.6 Å². The molecule has 0 fully saturated rings. The van der Waals surface area contributed by atoms with Crippen molar-refractivity contribution in [3.05, 3.63) is 51.9 Å². The fourth-order valence-electron chi connectivity index (χ4n) is 3.00. The zero-order chi connectivity index (χ0) is 23.3. The van der Waals surface area contributed by atoms with Crippen LogP contribution in [0, 0.1) is 0 Å². The molecular formula is C22H22ClN3O5S. The Morgan fingerprint density at radius 1 is 1.06 bits per heavy atom. The first-order valence-electron chi connectivity index (χ1n) is 9.53. The molecule has 1 heterocycles. The highest BCUT2D eigenvalue weighted by molar-refractivity contribution is 8.04. The molecule has 0 unspecified atom stereocenters. The van der Waals surface area contributed by atoms with E-state index in [4.69, 9.17) is 25.8 Å². The van der Waals surface area contributed by atoms with Gasteiger partial charge in [0.25, 0.3) is 0 Å². The van der Waals surface area contributed by atoms with Gasteiger partial charge >= 0.3 is 5.97 Å². The van der Waals surface area contributed by atoms with E-state index in [-0.39, 0.29) is 4.91 Å². The van der Waals surface area contributed by atoms with Gasteiger partial charge in [-0.2, -0.15) is 0 Å². The molecule has 0 saturated heterocycles. The van der Waals surface area contributed by atoms with Crippen molar-refractivity contribution >= 4 is 35.4 Å². The van der Waals surface area contributed by atoms with Crippen LogP contribution in [0.5, 0.6) is 17.2 Å². The van der Waals surface area contributed by atoms with Crippen LogP contribution >= 0.6 is 23.4 Å². The van der Waals surface area contributed by atoms with Crippen molar-refractivity contribution < 1.29 is 24.1 Å². The predicted octanol–water partition coefficient (Wildman–Crippen LogP) is 4.86. The molecule has 2 aromatic carbocycles. The maximum Gasteiger partial charge on any atom is 0.342 e. The van der Waals surface area contributed by atoms with Crippen molar-refractivity contribution in [3.63, 3.8) is 0 Å². The SMILES string of the molecule is CCn1c(S/C(=C\c2cc(OC)c(OC)cc2OC)C(=O)O)nnc1-c1ccc(Cl)cc1. The second kappa shape index (κ2) is 10.4. The molecule has 1 N–H and O–H groups in total. The molecule has 10 heteroatoms. The van der Waals surface area contributed by atoms with E-state index in [1.54, 1.807) is 24.3 Å². The molecule has 1 aromatic heterocycles. The molecule has 0 aliphatic carbocycles. The highest BCUT2D eigenvalue weighted by atomic mass is 35.5. The standard InChI is InChI=1S/C22H22ClN3O5S/c1-5-26-20(13-6-8-15(23)9-7-13)24-25-22(26)32-19(21(27)28)11-14-10-17(30-3)18(31-4)12-16(14)29-2/h6-12H,5H2,1-4H3,(H,27,28)/b19-11-. The molecule has 0 bridgehead atoms. The van der Waals surface area contributed by atoms with Gasteiger partial charge in [-0.25, -0.2) is 4.79 Å². The molecule has 3 rings (SSSR count). The summed E-state index contributed by atoms with van der Waals surface area (Å²) in [5, 5.41) is 19.4. The van der Waals surface area contributed by atoms with E-state index in [0.29, 0.717) is 45.4 Å². The first-order chi connectivity index (χ1) is 15.4. The average Bonchev–Trinajstić information content (AvgIpc) is 3.21. The largest absolute Gasteiger partial charge is 0.496 e. The number of thioether (sulfide) groups is 1. The monoisotopic (exact) mass is 475 g/mol. The van der Waals surface area contributed by atoms with Crippen LogP contribution in [0.4, 0.5) is 0 Å². The lowest BCUT2D eigenvalue weighted by Crippen LogP contribution is -2.03. The summed E-state index contributed by atoms with van der Waals surface area (Å²) in [5.74, 6) is 0.895. The quantitative estimate of drug-likeness (QED) is 0.346. The second-order valence-electron chi connectivity index (χ2n) is 6.42. The molecule has 32 heavy (non-hydrogen) atoms. The van der Waals surface area contributed by atoms with Gasteiger partial charge in [-0.05, 0) is 55.1 Å². The number of carbonyl (C=O) groups is 1. The Morgan fingerprint density at radius 3 is 2.25 bits per heavy atom. The molecule has 0 atom stereocenters. The van der Waals surface area contributed by atoms with E-state index >= 15 is 0 Å². The molecule has 3 aromatic rings. The Hall–Kier alpha value is -3.17. The minimum atomic E-state index is -1.11. The number of halogens is 1. The Kier molecular flexibility index (Phi) is 7.66. The van der Waals surface area contributed by atoms with Crippen molar-refractivity contribution in [2.24, 2.45) is 0 Å². The zero-order valence-corrected chi connectivity index (χ0v) is 19.5. The summed E-state index contributed by atoms with van der Waals surface area (Å²) < 4.78 is 17.9.